The van der Waals surface area contributed by atoms with Crippen LogP contribution in [0.2, 0.25) is 0 Å². The fourth-order valence-corrected chi connectivity index (χ4v) is 3.46. The van der Waals surface area contributed by atoms with Crippen LogP contribution in [0.4, 0.5) is 0 Å². The second-order valence-corrected chi connectivity index (χ2v) is 6.96. The van der Waals surface area contributed by atoms with Gasteiger partial charge in [-0.15, -0.1) is 0 Å². The molecule has 1 heterocycles. The number of unbranched alkanes of at least 4 members (excludes halogenated alkanes) is 1. The van der Waals surface area contributed by atoms with E-state index in [4.69, 9.17) is 19.6 Å². The highest BCUT2D eigenvalue weighted by Crippen LogP contribution is 2.29. The van der Waals surface area contributed by atoms with E-state index in [1.807, 2.05) is 55.5 Å². The largest absolute Gasteiger partial charge is 0.493 e. The molecule has 0 atom stereocenters. The summed E-state index contributed by atoms with van der Waals surface area (Å²) in [7, 11) is 1.67. The Bertz CT molecular complexity index is 946. The number of benzene rings is 2. The minimum absolute atomic E-state index is 0.186. The van der Waals surface area contributed by atoms with Gasteiger partial charge < -0.3 is 19.1 Å². The number of ether oxygens (including phenoxy) is 2. The summed E-state index contributed by atoms with van der Waals surface area (Å²) in [5, 5.41) is 9.17. The Hall–Kier alpha value is -2.79. The topological polar surface area (TPSA) is 56.5 Å². The van der Waals surface area contributed by atoms with Crippen molar-refractivity contribution in [1.82, 2.24) is 9.55 Å². The van der Waals surface area contributed by atoms with E-state index < -0.39 is 0 Å². The standard InChI is InChI=1S/C24H30N2O3/c1-3-9-19-13-14-22(23(18-19)28-2)29-17-7-6-15-26-21-11-5-4-10-20(21)25-24(26)12-8-16-27/h3-5,9-11,13-14,18,27H,6-8,12,15-17H2,1-2H3/b9-3+. The van der Waals surface area contributed by atoms with E-state index in [2.05, 4.69) is 10.6 Å². The third-order valence-corrected chi connectivity index (χ3v) is 4.87. The molecule has 29 heavy (non-hydrogen) atoms. The molecule has 0 amide bonds. The molecule has 0 fully saturated rings. The van der Waals surface area contributed by atoms with Crippen LogP contribution in [0.5, 0.6) is 11.5 Å². The molecular weight excluding hydrogens is 364 g/mol. The predicted octanol–water partition coefficient (Wildman–Crippen LogP) is 4.86. The Balaban J connectivity index is 1.57. The Labute approximate surface area is 172 Å². The lowest BCUT2D eigenvalue weighted by molar-refractivity contribution is 0.282. The van der Waals surface area contributed by atoms with Crippen LogP contribution >= 0.6 is 0 Å². The number of aromatic nitrogens is 2. The molecule has 0 radical (unpaired) electrons. The molecule has 0 unspecified atom stereocenters. The second kappa shape index (κ2) is 10.7. The van der Waals surface area contributed by atoms with Crippen LogP contribution in [0, 0.1) is 0 Å². The van der Waals surface area contributed by atoms with Gasteiger partial charge in [0.2, 0.25) is 0 Å². The maximum Gasteiger partial charge on any atom is 0.161 e. The van der Waals surface area contributed by atoms with E-state index >= 15 is 0 Å². The quantitative estimate of drug-likeness (QED) is 0.472. The first kappa shape index (κ1) is 20.9. The summed E-state index contributed by atoms with van der Waals surface area (Å²) >= 11 is 0. The highest BCUT2D eigenvalue weighted by atomic mass is 16.5. The summed E-state index contributed by atoms with van der Waals surface area (Å²) in [4.78, 5) is 4.74. The van der Waals surface area contributed by atoms with Crippen LogP contribution in [0.25, 0.3) is 17.1 Å². The zero-order valence-electron chi connectivity index (χ0n) is 17.3. The van der Waals surface area contributed by atoms with E-state index in [1.165, 1.54) is 0 Å². The Morgan fingerprint density at radius 3 is 2.72 bits per heavy atom. The Morgan fingerprint density at radius 2 is 1.93 bits per heavy atom. The van der Waals surface area contributed by atoms with Crippen molar-refractivity contribution in [3.8, 4) is 11.5 Å². The first-order valence-electron chi connectivity index (χ1n) is 10.3. The summed E-state index contributed by atoms with van der Waals surface area (Å²) in [6.45, 7) is 3.71. The minimum Gasteiger partial charge on any atom is -0.493 e. The fraction of sp³-hybridized carbons (Fsp3) is 0.375. The summed E-state index contributed by atoms with van der Waals surface area (Å²) < 4.78 is 13.7. The summed E-state index contributed by atoms with van der Waals surface area (Å²) in [6.07, 6.45) is 7.49. The van der Waals surface area contributed by atoms with Crippen molar-refractivity contribution in [2.75, 3.05) is 20.3 Å². The second-order valence-electron chi connectivity index (χ2n) is 6.96. The number of aryl methyl sites for hydroxylation is 2. The van der Waals surface area contributed by atoms with Crippen LogP contribution in [-0.4, -0.2) is 35.0 Å². The Morgan fingerprint density at radius 1 is 1.07 bits per heavy atom. The summed E-state index contributed by atoms with van der Waals surface area (Å²) in [5.41, 5.74) is 3.27. The van der Waals surface area contributed by atoms with Crippen molar-refractivity contribution in [2.45, 2.75) is 39.2 Å². The minimum atomic E-state index is 0.186. The number of aliphatic hydroxyl groups excluding tert-OH is 1. The SMILES string of the molecule is C/C=C/c1ccc(OCCCCn2c(CCCO)nc3ccccc32)c(OC)c1. The van der Waals surface area contributed by atoms with E-state index in [9.17, 15) is 0 Å². The first-order chi connectivity index (χ1) is 14.3. The summed E-state index contributed by atoms with van der Waals surface area (Å²) in [6, 6.07) is 14.2. The molecule has 0 aliphatic heterocycles. The highest BCUT2D eigenvalue weighted by molar-refractivity contribution is 5.75. The Kier molecular flexibility index (Phi) is 7.70. The van der Waals surface area contributed by atoms with Gasteiger partial charge in [-0.05, 0) is 56.0 Å². The lowest BCUT2D eigenvalue weighted by Crippen LogP contribution is -2.07. The number of para-hydroxylation sites is 2. The number of fused-ring (bicyclic) bond motifs is 1. The van der Waals surface area contributed by atoms with Crippen LogP contribution in [0.1, 0.15) is 37.6 Å². The van der Waals surface area contributed by atoms with Crippen molar-refractivity contribution in [1.29, 1.82) is 0 Å². The molecule has 0 bridgehead atoms. The third-order valence-electron chi connectivity index (χ3n) is 4.87. The third kappa shape index (κ3) is 5.39. The van der Waals surface area contributed by atoms with Gasteiger partial charge in [-0.3, -0.25) is 0 Å². The number of methoxy groups -OCH3 is 1. The number of allylic oxidation sites excluding steroid dienone is 1. The molecule has 0 saturated carbocycles. The maximum atomic E-state index is 9.17. The average molecular weight is 395 g/mol. The first-order valence-corrected chi connectivity index (χ1v) is 10.3. The molecule has 1 aromatic heterocycles. The fourth-order valence-electron chi connectivity index (χ4n) is 3.46. The van der Waals surface area contributed by atoms with Crippen molar-refractivity contribution in [2.24, 2.45) is 0 Å². The summed E-state index contributed by atoms with van der Waals surface area (Å²) in [5.74, 6) is 2.58. The molecule has 154 valence electrons. The number of hydrogen-bond acceptors (Lipinski definition) is 4. The molecule has 1 N–H and O–H groups in total. The molecular formula is C24H30N2O3. The van der Waals surface area contributed by atoms with Crippen molar-refractivity contribution < 1.29 is 14.6 Å². The molecule has 3 rings (SSSR count). The van der Waals surface area contributed by atoms with Gasteiger partial charge in [-0.2, -0.15) is 0 Å². The van der Waals surface area contributed by atoms with Crippen LogP contribution in [0.15, 0.2) is 48.5 Å². The predicted molar refractivity (Wildman–Crippen MR) is 118 cm³/mol. The lowest BCUT2D eigenvalue weighted by atomic mass is 10.2. The molecule has 5 nitrogen and oxygen atoms in total. The zero-order valence-corrected chi connectivity index (χ0v) is 17.3. The van der Waals surface area contributed by atoms with Gasteiger partial charge in [0, 0.05) is 19.6 Å². The molecule has 5 heteroatoms. The van der Waals surface area contributed by atoms with E-state index in [1.54, 1.807) is 7.11 Å². The maximum absolute atomic E-state index is 9.17. The van der Waals surface area contributed by atoms with E-state index in [0.29, 0.717) is 6.61 Å². The van der Waals surface area contributed by atoms with Gasteiger partial charge in [-0.25, -0.2) is 4.98 Å². The highest BCUT2D eigenvalue weighted by Gasteiger charge is 2.10. The van der Waals surface area contributed by atoms with Crippen molar-refractivity contribution in [3.63, 3.8) is 0 Å². The van der Waals surface area contributed by atoms with Gasteiger partial charge in [0.25, 0.3) is 0 Å². The van der Waals surface area contributed by atoms with Gasteiger partial charge in [-0.1, -0.05) is 30.4 Å². The molecule has 0 aliphatic carbocycles. The monoisotopic (exact) mass is 394 g/mol. The van der Waals surface area contributed by atoms with Gasteiger partial charge >= 0.3 is 0 Å². The normalized spacial score (nSPS) is 11.4. The number of nitrogens with zero attached hydrogens (tertiary/aromatic N) is 2. The number of hydrogen-bond donors (Lipinski definition) is 1. The molecule has 0 aliphatic rings. The number of aliphatic hydroxyl groups is 1. The van der Waals surface area contributed by atoms with Crippen molar-refractivity contribution >= 4 is 17.1 Å². The number of rotatable bonds is 11. The molecule has 0 spiro atoms. The lowest BCUT2D eigenvalue weighted by Gasteiger charge is -2.12. The van der Waals surface area contributed by atoms with Gasteiger partial charge in [0.1, 0.15) is 5.82 Å². The van der Waals surface area contributed by atoms with Gasteiger partial charge in [0.05, 0.1) is 24.8 Å². The molecule has 3 aromatic rings. The van der Waals surface area contributed by atoms with Crippen LogP contribution in [-0.2, 0) is 13.0 Å². The molecule has 0 saturated heterocycles. The zero-order chi connectivity index (χ0) is 20.5. The van der Waals surface area contributed by atoms with Crippen LogP contribution in [0.3, 0.4) is 0 Å². The number of imidazole rings is 1. The van der Waals surface area contributed by atoms with Crippen LogP contribution < -0.4 is 9.47 Å². The average Bonchev–Trinajstić information content (AvgIpc) is 3.10. The smallest absolute Gasteiger partial charge is 0.161 e. The molecule has 2 aromatic carbocycles. The van der Waals surface area contributed by atoms with Crippen molar-refractivity contribution in [3.05, 3.63) is 59.9 Å². The van der Waals surface area contributed by atoms with E-state index in [0.717, 1.165) is 66.1 Å². The van der Waals surface area contributed by atoms with Gasteiger partial charge in [0.15, 0.2) is 11.5 Å². The van der Waals surface area contributed by atoms with E-state index in [-0.39, 0.29) is 6.61 Å².